The molecule has 0 saturated carbocycles. The van der Waals surface area contributed by atoms with Crippen LogP contribution in [0.3, 0.4) is 0 Å². The van der Waals surface area contributed by atoms with Gasteiger partial charge < -0.3 is 5.32 Å². The van der Waals surface area contributed by atoms with Gasteiger partial charge in [0.1, 0.15) is 11.8 Å². The van der Waals surface area contributed by atoms with E-state index in [1.165, 1.54) is 6.33 Å². The first-order valence-electron chi connectivity index (χ1n) is 4.97. The van der Waals surface area contributed by atoms with Crippen LogP contribution in [0.2, 0.25) is 0 Å². The normalized spacial score (nSPS) is 21.2. The molecule has 6 heteroatoms. The summed E-state index contributed by atoms with van der Waals surface area (Å²) in [6, 6.07) is 0.220. The largest absolute Gasteiger partial charge is 0.328 e. The highest BCUT2D eigenvalue weighted by molar-refractivity contribution is 5.69. The second-order valence-corrected chi connectivity index (χ2v) is 3.70. The Kier molecular flexibility index (Phi) is 1.81. The second kappa shape index (κ2) is 3.16. The van der Waals surface area contributed by atoms with E-state index in [1.54, 1.807) is 10.8 Å². The van der Waals surface area contributed by atoms with E-state index >= 15 is 0 Å². The van der Waals surface area contributed by atoms with E-state index in [0.29, 0.717) is 5.65 Å². The van der Waals surface area contributed by atoms with Gasteiger partial charge in [-0.25, -0.2) is 14.8 Å². The van der Waals surface area contributed by atoms with Crippen LogP contribution in [0.1, 0.15) is 12.5 Å². The van der Waals surface area contributed by atoms with Crippen molar-refractivity contribution in [2.45, 2.75) is 12.5 Å². The highest BCUT2D eigenvalue weighted by atomic mass is 16.1. The van der Waals surface area contributed by atoms with Crippen molar-refractivity contribution >= 4 is 11.2 Å². The summed E-state index contributed by atoms with van der Waals surface area (Å²) in [4.78, 5) is 22.4. The van der Waals surface area contributed by atoms with Crippen molar-refractivity contribution < 1.29 is 0 Å². The molecule has 0 amide bonds. The Morgan fingerprint density at radius 3 is 3.27 bits per heavy atom. The topological polar surface area (TPSA) is 75.6 Å². The van der Waals surface area contributed by atoms with Gasteiger partial charge in [0.15, 0.2) is 5.65 Å². The maximum Gasteiger partial charge on any atom is 0.328 e. The quantitative estimate of drug-likeness (QED) is 0.667. The second-order valence-electron chi connectivity index (χ2n) is 3.70. The lowest BCUT2D eigenvalue weighted by atomic mass is 10.2. The van der Waals surface area contributed by atoms with Crippen molar-refractivity contribution in [1.82, 2.24) is 24.8 Å². The summed E-state index contributed by atoms with van der Waals surface area (Å²) in [5, 5.41) is 3.24. The average Bonchev–Trinajstić information content (AvgIpc) is 2.82. The molecule has 15 heavy (non-hydrogen) atoms. The van der Waals surface area contributed by atoms with Crippen LogP contribution in [0.5, 0.6) is 0 Å². The Labute approximate surface area is 85.4 Å². The van der Waals surface area contributed by atoms with Crippen LogP contribution in [-0.2, 0) is 0 Å². The third-order valence-corrected chi connectivity index (χ3v) is 2.80. The fourth-order valence-electron chi connectivity index (χ4n) is 2.09. The van der Waals surface area contributed by atoms with Crippen LogP contribution in [0.4, 0.5) is 0 Å². The number of aromatic amines is 1. The zero-order valence-corrected chi connectivity index (χ0v) is 8.10. The average molecular weight is 205 g/mol. The molecule has 3 heterocycles. The van der Waals surface area contributed by atoms with Gasteiger partial charge >= 0.3 is 5.69 Å². The predicted molar refractivity (Wildman–Crippen MR) is 54.7 cm³/mol. The van der Waals surface area contributed by atoms with Crippen molar-refractivity contribution in [3.05, 3.63) is 23.0 Å². The Bertz CT molecular complexity index is 537. The van der Waals surface area contributed by atoms with Crippen molar-refractivity contribution in [1.29, 1.82) is 0 Å². The third-order valence-electron chi connectivity index (χ3n) is 2.80. The monoisotopic (exact) mass is 205 g/mol. The molecular weight excluding hydrogens is 194 g/mol. The number of imidazole rings is 1. The molecule has 1 aliphatic rings. The molecule has 6 nitrogen and oxygen atoms in total. The summed E-state index contributed by atoms with van der Waals surface area (Å²) < 4.78 is 1.75. The molecular formula is C9H11N5O. The Morgan fingerprint density at radius 1 is 1.53 bits per heavy atom. The fraction of sp³-hybridized carbons (Fsp3) is 0.444. The van der Waals surface area contributed by atoms with E-state index in [1.807, 2.05) is 0 Å². The van der Waals surface area contributed by atoms with Crippen LogP contribution in [0.15, 0.2) is 17.3 Å². The molecule has 1 unspecified atom stereocenters. The van der Waals surface area contributed by atoms with Crippen molar-refractivity contribution in [3.8, 4) is 0 Å². The van der Waals surface area contributed by atoms with E-state index in [-0.39, 0.29) is 11.7 Å². The minimum absolute atomic E-state index is 0.0980. The SMILES string of the molecule is O=c1[nH]c2ncncc2n1C1CCNC1. The van der Waals surface area contributed by atoms with Gasteiger partial charge in [0.2, 0.25) is 0 Å². The first-order chi connectivity index (χ1) is 7.36. The minimum Gasteiger partial charge on any atom is -0.315 e. The zero-order chi connectivity index (χ0) is 10.3. The lowest BCUT2D eigenvalue weighted by Gasteiger charge is -2.09. The molecule has 1 atom stereocenters. The zero-order valence-electron chi connectivity index (χ0n) is 8.10. The molecule has 0 radical (unpaired) electrons. The maximum atomic E-state index is 11.7. The van der Waals surface area contributed by atoms with E-state index in [2.05, 4.69) is 20.3 Å². The van der Waals surface area contributed by atoms with Gasteiger partial charge in [-0.2, -0.15) is 0 Å². The molecule has 2 aromatic rings. The lowest BCUT2D eigenvalue weighted by molar-refractivity contribution is 0.545. The number of aromatic nitrogens is 4. The van der Waals surface area contributed by atoms with Crippen LogP contribution in [-0.4, -0.2) is 32.6 Å². The molecule has 1 aliphatic heterocycles. The number of H-pyrrole nitrogens is 1. The number of hydrogen-bond donors (Lipinski definition) is 2. The molecule has 1 saturated heterocycles. The van der Waals surface area contributed by atoms with Gasteiger partial charge in [-0.15, -0.1) is 0 Å². The van der Waals surface area contributed by atoms with Crippen LogP contribution in [0, 0.1) is 0 Å². The Balaban J connectivity index is 2.23. The van der Waals surface area contributed by atoms with Crippen LogP contribution in [0.25, 0.3) is 11.2 Å². The number of rotatable bonds is 1. The summed E-state index contributed by atoms with van der Waals surface area (Å²) >= 11 is 0. The summed E-state index contributed by atoms with van der Waals surface area (Å²) in [6.07, 6.45) is 4.09. The van der Waals surface area contributed by atoms with E-state index in [4.69, 9.17) is 0 Å². The molecule has 1 fully saturated rings. The van der Waals surface area contributed by atoms with E-state index in [0.717, 1.165) is 25.0 Å². The fourth-order valence-corrected chi connectivity index (χ4v) is 2.09. The molecule has 3 rings (SSSR count). The van der Waals surface area contributed by atoms with Gasteiger partial charge in [0.05, 0.1) is 12.2 Å². The molecule has 0 spiro atoms. The van der Waals surface area contributed by atoms with Gasteiger partial charge in [0, 0.05) is 6.54 Å². The number of nitrogens with one attached hydrogen (secondary N) is 2. The highest BCUT2D eigenvalue weighted by Crippen LogP contribution is 2.17. The maximum absolute atomic E-state index is 11.7. The summed E-state index contributed by atoms with van der Waals surface area (Å²) in [7, 11) is 0. The highest BCUT2D eigenvalue weighted by Gasteiger charge is 2.20. The molecule has 0 aromatic carbocycles. The van der Waals surface area contributed by atoms with Crippen molar-refractivity contribution in [2.24, 2.45) is 0 Å². The number of hydrogen-bond acceptors (Lipinski definition) is 4. The Morgan fingerprint density at radius 2 is 2.47 bits per heavy atom. The minimum atomic E-state index is -0.0980. The summed E-state index contributed by atoms with van der Waals surface area (Å²) in [6.45, 7) is 1.79. The molecule has 0 aliphatic carbocycles. The number of nitrogens with zero attached hydrogens (tertiary/aromatic N) is 3. The summed E-state index contributed by atoms with van der Waals surface area (Å²) in [5.74, 6) is 0. The van der Waals surface area contributed by atoms with Gasteiger partial charge in [0.25, 0.3) is 0 Å². The van der Waals surface area contributed by atoms with Crippen LogP contribution >= 0.6 is 0 Å². The van der Waals surface area contributed by atoms with E-state index < -0.39 is 0 Å². The predicted octanol–water partition coefficient (Wildman–Crippen LogP) is -0.346. The van der Waals surface area contributed by atoms with Gasteiger partial charge in [-0.1, -0.05) is 0 Å². The molecule has 2 aromatic heterocycles. The first-order valence-corrected chi connectivity index (χ1v) is 4.97. The van der Waals surface area contributed by atoms with Crippen LogP contribution < -0.4 is 11.0 Å². The number of fused-ring (bicyclic) bond motifs is 1. The first kappa shape index (κ1) is 8.60. The molecule has 0 bridgehead atoms. The summed E-state index contributed by atoms with van der Waals surface area (Å²) in [5.41, 5.74) is 1.30. The lowest BCUT2D eigenvalue weighted by Crippen LogP contribution is -2.23. The molecule has 2 N–H and O–H groups in total. The van der Waals surface area contributed by atoms with Gasteiger partial charge in [-0.05, 0) is 13.0 Å². The smallest absolute Gasteiger partial charge is 0.315 e. The van der Waals surface area contributed by atoms with E-state index in [9.17, 15) is 4.79 Å². The Hall–Kier alpha value is -1.69. The molecule has 78 valence electrons. The van der Waals surface area contributed by atoms with Crippen molar-refractivity contribution in [2.75, 3.05) is 13.1 Å². The van der Waals surface area contributed by atoms with Crippen molar-refractivity contribution in [3.63, 3.8) is 0 Å². The van der Waals surface area contributed by atoms with Gasteiger partial charge in [-0.3, -0.25) is 9.55 Å². The standard InChI is InChI=1S/C9H11N5O/c15-9-13-8-7(4-11-5-12-8)14(9)6-1-2-10-3-6/h4-6,10H,1-3H2,(H,11,12,13,15). The third kappa shape index (κ3) is 1.25.